The molecule has 1 heterocycles. The first kappa shape index (κ1) is 12.3. The Morgan fingerprint density at radius 2 is 2.07 bits per heavy atom. The molecule has 1 N–H and O–H groups in total. The highest BCUT2D eigenvalue weighted by Crippen LogP contribution is 2.27. The molecule has 1 aliphatic heterocycles. The van der Waals surface area contributed by atoms with Gasteiger partial charge in [-0.25, -0.2) is 0 Å². The van der Waals surface area contributed by atoms with Crippen LogP contribution in [0.5, 0.6) is 0 Å². The molecular formula is C13H23NO. The maximum absolute atomic E-state index is 5.48. The van der Waals surface area contributed by atoms with Crippen LogP contribution in [0.3, 0.4) is 0 Å². The van der Waals surface area contributed by atoms with Gasteiger partial charge in [-0.3, -0.25) is 0 Å². The lowest BCUT2D eigenvalue weighted by Crippen LogP contribution is -2.28. The molecule has 1 fully saturated rings. The smallest absolute Gasteiger partial charge is 0.0987 e. The molecule has 0 aliphatic carbocycles. The summed E-state index contributed by atoms with van der Waals surface area (Å²) in [7, 11) is 1.78. The van der Waals surface area contributed by atoms with Crippen molar-refractivity contribution in [3.05, 3.63) is 23.5 Å². The first-order chi connectivity index (χ1) is 7.33. The number of piperidine rings is 1. The predicted molar refractivity (Wildman–Crippen MR) is 64.7 cm³/mol. The van der Waals surface area contributed by atoms with Crippen molar-refractivity contribution in [1.29, 1.82) is 0 Å². The quantitative estimate of drug-likeness (QED) is 0.568. The topological polar surface area (TPSA) is 21.3 Å². The zero-order valence-electron chi connectivity index (χ0n) is 10.2. The van der Waals surface area contributed by atoms with Crippen LogP contribution in [0, 0.1) is 5.92 Å². The van der Waals surface area contributed by atoms with Crippen LogP contribution in [-0.4, -0.2) is 20.2 Å². The molecule has 0 saturated carbocycles. The summed E-state index contributed by atoms with van der Waals surface area (Å²) in [5.41, 5.74) is 1.41. The van der Waals surface area contributed by atoms with Gasteiger partial charge in [-0.2, -0.15) is 0 Å². The highest BCUT2D eigenvalue weighted by Gasteiger charge is 2.18. The Hall–Kier alpha value is -0.760. The second-order valence-corrected chi connectivity index (χ2v) is 3.96. The van der Waals surface area contributed by atoms with E-state index < -0.39 is 0 Å². The average molecular weight is 209 g/mol. The molecule has 0 atom stereocenters. The van der Waals surface area contributed by atoms with Crippen molar-refractivity contribution in [3.63, 3.8) is 0 Å². The van der Waals surface area contributed by atoms with Crippen LogP contribution in [-0.2, 0) is 4.74 Å². The van der Waals surface area contributed by atoms with E-state index in [0.29, 0.717) is 5.92 Å². The number of rotatable bonds is 4. The Morgan fingerprint density at radius 3 is 2.53 bits per heavy atom. The Balaban J connectivity index is 2.83. The fourth-order valence-corrected chi connectivity index (χ4v) is 2.24. The second kappa shape index (κ2) is 6.67. The SMILES string of the molecule is C/C=C\C(=C(/CC)OC)C1CCNCC1. The van der Waals surface area contributed by atoms with E-state index >= 15 is 0 Å². The van der Waals surface area contributed by atoms with Gasteiger partial charge in [0.2, 0.25) is 0 Å². The number of hydrogen-bond donors (Lipinski definition) is 1. The molecule has 86 valence electrons. The normalized spacial score (nSPS) is 20.5. The molecule has 1 aliphatic rings. The molecule has 0 bridgehead atoms. The van der Waals surface area contributed by atoms with Crippen LogP contribution in [0.15, 0.2) is 23.5 Å². The third kappa shape index (κ3) is 3.38. The molecule has 1 rings (SSSR count). The largest absolute Gasteiger partial charge is 0.501 e. The van der Waals surface area contributed by atoms with Crippen molar-refractivity contribution in [2.45, 2.75) is 33.1 Å². The van der Waals surface area contributed by atoms with E-state index in [4.69, 9.17) is 4.74 Å². The van der Waals surface area contributed by atoms with Gasteiger partial charge >= 0.3 is 0 Å². The van der Waals surface area contributed by atoms with Gasteiger partial charge in [-0.05, 0) is 44.3 Å². The summed E-state index contributed by atoms with van der Waals surface area (Å²) in [6.07, 6.45) is 7.78. The van der Waals surface area contributed by atoms with E-state index in [1.54, 1.807) is 7.11 Å². The molecule has 2 heteroatoms. The first-order valence-electron chi connectivity index (χ1n) is 5.93. The van der Waals surface area contributed by atoms with Crippen LogP contribution in [0.25, 0.3) is 0 Å². The molecule has 0 radical (unpaired) electrons. The maximum Gasteiger partial charge on any atom is 0.0987 e. The van der Waals surface area contributed by atoms with Crippen molar-refractivity contribution < 1.29 is 4.74 Å². The molecule has 0 amide bonds. The molecule has 0 unspecified atom stereocenters. The number of nitrogens with one attached hydrogen (secondary N) is 1. The van der Waals surface area contributed by atoms with Crippen molar-refractivity contribution in [3.8, 4) is 0 Å². The van der Waals surface area contributed by atoms with Gasteiger partial charge in [0.25, 0.3) is 0 Å². The van der Waals surface area contributed by atoms with E-state index in [9.17, 15) is 0 Å². The Kier molecular flexibility index (Phi) is 5.48. The monoisotopic (exact) mass is 209 g/mol. The number of ether oxygens (including phenoxy) is 1. The Bertz CT molecular complexity index is 231. The summed E-state index contributed by atoms with van der Waals surface area (Å²) in [6.45, 7) is 6.49. The molecule has 15 heavy (non-hydrogen) atoms. The molecular weight excluding hydrogens is 186 g/mol. The van der Waals surface area contributed by atoms with Crippen LogP contribution in [0.4, 0.5) is 0 Å². The lowest BCUT2D eigenvalue weighted by Gasteiger charge is -2.25. The third-order valence-electron chi connectivity index (χ3n) is 3.01. The molecule has 0 spiro atoms. The number of hydrogen-bond acceptors (Lipinski definition) is 2. The highest BCUT2D eigenvalue weighted by molar-refractivity contribution is 5.25. The predicted octanol–water partition coefficient (Wildman–Crippen LogP) is 2.87. The number of methoxy groups -OCH3 is 1. The third-order valence-corrected chi connectivity index (χ3v) is 3.01. The van der Waals surface area contributed by atoms with Gasteiger partial charge in [0, 0.05) is 6.42 Å². The van der Waals surface area contributed by atoms with Gasteiger partial charge in [0.1, 0.15) is 0 Å². The molecule has 1 saturated heterocycles. The molecule has 0 aromatic heterocycles. The van der Waals surface area contributed by atoms with Gasteiger partial charge in [0.05, 0.1) is 12.9 Å². The maximum atomic E-state index is 5.48. The van der Waals surface area contributed by atoms with Crippen molar-refractivity contribution >= 4 is 0 Å². The van der Waals surface area contributed by atoms with Gasteiger partial charge < -0.3 is 10.1 Å². The standard InChI is InChI=1S/C13H23NO/c1-4-6-12(13(5-2)15-3)11-7-9-14-10-8-11/h4,6,11,14H,5,7-10H2,1-3H3/b6-4-,13-12-. The minimum atomic E-state index is 0.678. The van der Waals surface area contributed by atoms with Gasteiger partial charge in [0.15, 0.2) is 0 Å². The van der Waals surface area contributed by atoms with E-state index in [2.05, 4.69) is 31.3 Å². The fraction of sp³-hybridized carbons (Fsp3) is 0.692. The van der Waals surface area contributed by atoms with E-state index in [1.165, 1.54) is 18.4 Å². The lowest BCUT2D eigenvalue weighted by molar-refractivity contribution is 0.267. The summed E-state index contributed by atoms with van der Waals surface area (Å²) < 4.78 is 5.48. The van der Waals surface area contributed by atoms with Gasteiger partial charge in [-0.15, -0.1) is 0 Å². The van der Waals surface area contributed by atoms with E-state index in [1.807, 2.05) is 0 Å². The summed E-state index contributed by atoms with van der Waals surface area (Å²) in [4.78, 5) is 0. The van der Waals surface area contributed by atoms with E-state index in [-0.39, 0.29) is 0 Å². The van der Waals surface area contributed by atoms with Crippen LogP contribution < -0.4 is 5.32 Å². The summed E-state index contributed by atoms with van der Waals surface area (Å²) in [6, 6.07) is 0. The lowest BCUT2D eigenvalue weighted by atomic mass is 9.88. The van der Waals surface area contributed by atoms with Gasteiger partial charge in [-0.1, -0.05) is 19.1 Å². The molecule has 0 aromatic rings. The Morgan fingerprint density at radius 1 is 1.40 bits per heavy atom. The van der Waals surface area contributed by atoms with Crippen LogP contribution in [0.2, 0.25) is 0 Å². The first-order valence-corrected chi connectivity index (χ1v) is 5.93. The summed E-state index contributed by atoms with van der Waals surface area (Å²) >= 11 is 0. The van der Waals surface area contributed by atoms with Crippen molar-refractivity contribution in [1.82, 2.24) is 5.32 Å². The Labute approximate surface area is 93.4 Å². The van der Waals surface area contributed by atoms with Crippen LogP contribution >= 0.6 is 0 Å². The second-order valence-electron chi connectivity index (χ2n) is 3.96. The molecule has 2 nitrogen and oxygen atoms in total. The minimum absolute atomic E-state index is 0.678. The summed E-state index contributed by atoms with van der Waals surface area (Å²) in [5, 5.41) is 3.40. The minimum Gasteiger partial charge on any atom is -0.501 e. The van der Waals surface area contributed by atoms with Crippen LogP contribution in [0.1, 0.15) is 33.1 Å². The number of allylic oxidation sites excluding steroid dienone is 4. The fourth-order valence-electron chi connectivity index (χ4n) is 2.24. The van der Waals surface area contributed by atoms with E-state index in [0.717, 1.165) is 25.3 Å². The zero-order valence-corrected chi connectivity index (χ0v) is 10.2. The van der Waals surface area contributed by atoms with Crippen molar-refractivity contribution in [2.24, 2.45) is 5.92 Å². The highest BCUT2D eigenvalue weighted by atomic mass is 16.5. The zero-order chi connectivity index (χ0) is 11.1. The average Bonchev–Trinajstić information content (AvgIpc) is 2.30. The molecule has 0 aromatic carbocycles. The van der Waals surface area contributed by atoms with Crippen molar-refractivity contribution in [2.75, 3.05) is 20.2 Å². The summed E-state index contributed by atoms with van der Waals surface area (Å²) in [5.74, 6) is 1.83.